The van der Waals surface area contributed by atoms with Crippen molar-refractivity contribution >= 4 is 17.8 Å². The molecule has 0 aromatic carbocycles. The van der Waals surface area contributed by atoms with Crippen LogP contribution < -0.4 is 5.32 Å². The summed E-state index contributed by atoms with van der Waals surface area (Å²) < 4.78 is 42.0. The van der Waals surface area contributed by atoms with E-state index in [1.165, 1.54) is 14.0 Å². The highest BCUT2D eigenvalue weighted by atomic mass is 19.4. The maximum atomic E-state index is 12.5. The van der Waals surface area contributed by atoms with Gasteiger partial charge in [-0.3, -0.25) is 15.2 Å². The average molecular weight is 345 g/mol. The zero-order valence-corrected chi connectivity index (χ0v) is 13.0. The van der Waals surface area contributed by atoms with E-state index in [-0.39, 0.29) is 11.3 Å². The van der Waals surface area contributed by atoms with Gasteiger partial charge < -0.3 is 9.72 Å². The maximum Gasteiger partial charge on any atom is 0.451 e. The molecule has 3 N–H and O–H groups in total. The molecule has 1 amide bonds. The van der Waals surface area contributed by atoms with Crippen LogP contribution in [0.25, 0.3) is 0 Å². The van der Waals surface area contributed by atoms with Gasteiger partial charge in [-0.2, -0.15) is 18.2 Å². The third-order valence-corrected chi connectivity index (χ3v) is 3.28. The molecule has 130 valence electrons. The summed E-state index contributed by atoms with van der Waals surface area (Å²) in [6.45, 7) is 3.29. The molecule has 0 aliphatic heterocycles. The molecule has 0 atom stereocenters. The summed E-state index contributed by atoms with van der Waals surface area (Å²) in [6.07, 6.45) is -4.27. The number of alkyl halides is 3. The highest BCUT2D eigenvalue weighted by Gasteiger charge is 2.35. The Hall–Kier alpha value is -2.85. The third-order valence-electron chi connectivity index (χ3n) is 3.28. The number of nitrogens with one attached hydrogen (secondary N) is 3. The molecule has 2 aromatic rings. The van der Waals surface area contributed by atoms with Gasteiger partial charge in [0.15, 0.2) is 0 Å². The van der Waals surface area contributed by atoms with Gasteiger partial charge in [-0.15, -0.1) is 5.10 Å². The molecule has 8 nitrogen and oxygen atoms in total. The Bertz CT molecular complexity index is 778. The summed E-state index contributed by atoms with van der Waals surface area (Å²) in [5.74, 6) is -3.24. The SMILES string of the molecule is CCc1[nH]c(C(=O)Nc2n[nH]c(C(F)(F)F)n2)c(C)c1C(=O)OC. The lowest BCUT2D eigenvalue weighted by Crippen LogP contribution is -2.15. The van der Waals surface area contributed by atoms with Gasteiger partial charge in [-0.1, -0.05) is 6.92 Å². The maximum absolute atomic E-state index is 12.5. The first-order valence-electron chi connectivity index (χ1n) is 6.79. The van der Waals surface area contributed by atoms with Crippen LogP contribution in [0.2, 0.25) is 0 Å². The molecule has 0 fully saturated rings. The molecular formula is C13H14F3N5O3. The highest BCUT2D eigenvalue weighted by Crippen LogP contribution is 2.26. The molecule has 0 saturated carbocycles. The van der Waals surface area contributed by atoms with Gasteiger partial charge in [0.2, 0.25) is 11.8 Å². The van der Waals surface area contributed by atoms with Crippen molar-refractivity contribution in [2.45, 2.75) is 26.4 Å². The van der Waals surface area contributed by atoms with Crippen LogP contribution in [0.4, 0.5) is 19.1 Å². The quantitative estimate of drug-likeness (QED) is 0.734. The number of anilines is 1. The van der Waals surface area contributed by atoms with Crippen molar-refractivity contribution in [1.82, 2.24) is 20.2 Å². The van der Waals surface area contributed by atoms with Crippen molar-refractivity contribution < 1.29 is 27.5 Å². The fourth-order valence-electron chi connectivity index (χ4n) is 2.14. The van der Waals surface area contributed by atoms with E-state index >= 15 is 0 Å². The lowest BCUT2D eigenvalue weighted by atomic mass is 10.1. The lowest BCUT2D eigenvalue weighted by molar-refractivity contribution is -0.144. The predicted molar refractivity (Wildman–Crippen MR) is 75.6 cm³/mol. The molecule has 0 bridgehead atoms. The molecule has 24 heavy (non-hydrogen) atoms. The lowest BCUT2D eigenvalue weighted by Gasteiger charge is -2.02. The number of rotatable bonds is 4. The van der Waals surface area contributed by atoms with Crippen molar-refractivity contribution in [1.29, 1.82) is 0 Å². The Balaban J connectivity index is 2.29. The Morgan fingerprint density at radius 1 is 1.33 bits per heavy atom. The number of nitrogens with zero attached hydrogens (tertiary/aromatic N) is 2. The minimum Gasteiger partial charge on any atom is -0.465 e. The smallest absolute Gasteiger partial charge is 0.451 e. The van der Waals surface area contributed by atoms with E-state index in [2.05, 4.69) is 25.1 Å². The second-order valence-electron chi connectivity index (χ2n) is 4.78. The first-order chi connectivity index (χ1) is 11.2. The summed E-state index contributed by atoms with van der Waals surface area (Å²) in [4.78, 5) is 29.9. The topological polar surface area (TPSA) is 113 Å². The van der Waals surface area contributed by atoms with Crippen LogP contribution in [0.1, 0.15) is 44.9 Å². The zero-order chi connectivity index (χ0) is 18.1. The molecule has 0 aliphatic carbocycles. The standard InChI is InChI=1S/C13H14F3N5O3/c1-4-6-7(10(23)24-3)5(2)8(17-6)9(22)18-12-19-11(20-21-12)13(14,15)16/h17H,4H2,1-3H3,(H2,18,19,20,21,22). The minimum atomic E-state index is -4.70. The Morgan fingerprint density at radius 3 is 2.50 bits per heavy atom. The molecule has 11 heteroatoms. The first-order valence-corrected chi connectivity index (χ1v) is 6.79. The van der Waals surface area contributed by atoms with Crippen LogP contribution in [-0.2, 0) is 17.3 Å². The van der Waals surface area contributed by atoms with Crippen LogP contribution in [0.5, 0.6) is 0 Å². The van der Waals surface area contributed by atoms with Crippen molar-refractivity contribution in [2.75, 3.05) is 12.4 Å². The molecule has 0 radical (unpaired) electrons. The van der Waals surface area contributed by atoms with Crippen LogP contribution in [0, 0.1) is 6.92 Å². The number of ether oxygens (including phenoxy) is 1. The van der Waals surface area contributed by atoms with Crippen LogP contribution in [-0.4, -0.2) is 39.2 Å². The van der Waals surface area contributed by atoms with Gasteiger partial charge in [0.25, 0.3) is 5.91 Å². The van der Waals surface area contributed by atoms with Crippen molar-refractivity contribution in [3.63, 3.8) is 0 Å². The number of aromatic amines is 2. The number of aryl methyl sites for hydroxylation is 1. The van der Waals surface area contributed by atoms with Crippen molar-refractivity contribution in [3.05, 3.63) is 28.3 Å². The monoisotopic (exact) mass is 345 g/mol. The number of hydrogen-bond donors (Lipinski definition) is 3. The van der Waals surface area contributed by atoms with E-state index in [0.29, 0.717) is 17.7 Å². The number of carbonyl (C=O) groups excluding carboxylic acids is 2. The largest absolute Gasteiger partial charge is 0.465 e. The molecule has 0 aliphatic rings. The van der Waals surface area contributed by atoms with Gasteiger partial charge >= 0.3 is 12.1 Å². The molecule has 0 spiro atoms. The Labute approximate surface area is 133 Å². The molecule has 0 saturated heterocycles. The van der Waals surface area contributed by atoms with Gasteiger partial charge in [0.05, 0.1) is 12.7 Å². The fraction of sp³-hybridized carbons (Fsp3) is 0.385. The summed E-state index contributed by atoms with van der Waals surface area (Å²) in [6, 6.07) is 0. The van der Waals surface area contributed by atoms with Gasteiger partial charge in [0.1, 0.15) is 5.69 Å². The molecule has 2 rings (SSSR count). The summed E-state index contributed by atoms with van der Waals surface area (Å²) >= 11 is 0. The third kappa shape index (κ3) is 3.24. The van der Waals surface area contributed by atoms with E-state index < -0.39 is 29.8 Å². The zero-order valence-electron chi connectivity index (χ0n) is 13.0. The molecule has 2 aromatic heterocycles. The average Bonchev–Trinajstić information content (AvgIpc) is 3.10. The number of aromatic nitrogens is 4. The number of methoxy groups -OCH3 is 1. The second-order valence-corrected chi connectivity index (χ2v) is 4.78. The van der Waals surface area contributed by atoms with Crippen LogP contribution >= 0.6 is 0 Å². The number of amides is 1. The van der Waals surface area contributed by atoms with Gasteiger partial charge in [-0.05, 0) is 18.9 Å². The summed E-state index contributed by atoms with van der Waals surface area (Å²) in [5, 5.41) is 7.11. The van der Waals surface area contributed by atoms with Crippen molar-refractivity contribution in [3.8, 4) is 0 Å². The van der Waals surface area contributed by atoms with E-state index in [0.717, 1.165) is 0 Å². The Kier molecular flexibility index (Phi) is 4.62. The van der Waals surface area contributed by atoms with Crippen LogP contribution in [0.3, 0.4) is 0 Å². The number of H-pyrrole nitrogens is 2. The number of carbonyl (C=O) groups is 2. The minimum absolute atomic E-state index is 0.0191. The summed E-state index contributed by atoms with van der Waals surface area (Å²) in [7, 11) is 1.21. The van der Waals surface area contributed by atoms with E-state index in [4.69, 9.17) is 0 Å². The number of esters is 1. The van der Waals surface area contributed by atoms with E-state index in [1.807, 2.05) is 0 Å². The van der Waals surface area contributed by atoms with Gasteiger partial charge in [0, 0.05) is 5.69 Å². The number of hydrogen-bond acceptors (Lipinski definition) is 5. The molecule has 2 heterocycles. The number of halogens is 3. The fourth-order valence-corrected chi connectivity index (χ4v) is 2.14. The Morgan fingerprint density at radius 2 is 2.00 bits per heavy atom. The second kappa shape index (κ2) is 6.34. The summed E-state index contributed by atoms with van der Waals surface area (Å²) in [5.41, 5.74) is 1.04. The van der Waals surface area contributed by atoms with Crippen LogP contribution in [0.15, 0.2) is 0 Å². The van der Waals surface area contributed by atoms with E-state index in [1.54, 1.807) is 12.0 Å². The molecule has 0 unspecified atom stereocenters. The van der Waals surface area contributed by atoms with Crippen molar-refractivity contribution in [2.24, 2.45) is 0 Å². The normalized spacial score (nSPS) is 11.4. The first kappa shape index (κ1) is 17.5. The predicted octanol–water partition coefficient (Wildman–Crippen LogP) is 2.06. The molecular weight excluding hydrogens is 331 g/mol. The highest BCUT2D eigenvalue weighted by molar-refractivity contribution is 6.06. The van der Waals surface area contributed by atoms with E-state index in [9.17, 15) is 22.8 Å². The van der Waals surface area contributed by atoms with Gasteiger partial charge in [-0.25, -0.2) is 4.79 Å².